The van der Waals surface area contributed by atoms with E-state index in [4.69, 9.17) is 0 Å². The minimum absolute atomic E-state index is 0.150. The van der Waals surface area contributed by atoms with Crippen LogP contribution >= 0.6 is 0 Å². The van der Waals surface area contributed by atoms with E-state index in [1.165, 1.54) is 12.1 Å². The second kappa shape index (κ2) is 8.76. The third-order valence-electron chi connectivity index (χ3n) is 4.62. The first-order chi connectivity index (χ1) is 12.6. The Bertz CT molecular complexity index is 708. The Labute approximate surface area is 154 Å². The molecule has 1 aromatic carbocycles. The molecule has 0 aliphatic carbocycles. The highest BCUT2D eigenvalue weighted by molar-refractivity contribution is 5.78. The zero-order chi connectivity index (χ0) is 18.4. The fourth-order valence-corrected chi connectivity index (χ4v) is 3.27. The Hall–Kier alpha value is -2.47. The van der Waals surface area contributed by atoms with E-state index in [-0.39, 0.29) is 11.7 Å². The summed E-state index contributed by atoms with van der Waals surface area (Å²) >= 11 is 0. The zero-order valence-electron chi connectivity index (χ0n) is 15.1. The van der Waals surface area contributed by atoms with Crippen molar-refractivity contribution in [3.63, 3.8) is 0 Å². The van der Waals surface area contributed by atoms with Crippen LogP contribution in [0.3, 0.4) is 0 Å². The van der Waals surface area contributed by atoms with Crippen LogP contribution in [0.2, 0.25) is 0 Å². The Kier molecular flexibility index (Phi) is 6.17. The topological polar surface area (TPSA) is 39.7 Å². The Balaban J connectivity index is 1.51. The van der Waals surface area contributed by atoms with Gasteiger partial charge in [-0.25, -0.2) is 4.39 Å². The summed E-state index contributed by atoms with van der Waals surface area (Å²) < 4.78 is 13.1. The lowest BCUT2D eigenvalue weighted by atomic mass is 10.2. The molecule has 1 saturated heterocycles. The molecule has 2 aromatic rings. The monoisotopic (exact) mass is 356 g/mol. The molecule has 1 fully saturated rings. The first kappa shape index (κ1) is 18.3. The second-order valence-electron chi connectivity index (χ2n) is 6.73. The average Bonchev–Trinajstić information content (AvgIpc) is 2.89. The lowest BCUT2D eigenvalue weighted by Crippen LogP contribution is -2.40. The highest BCUT2D eigenvalue weighted by Crippen LogP contribution is 2.17. The largest absolute Gasteiger partial charge is 0.370 e. The van der Waals surface area contributed by atoms with Crippen molar-refractivity contribution >= 4 is 11.6 Å². The van der Waals surface area contributed by atoms with E-state index in [2.05, 4.69) is 9.88 Å². The first-order valence-electron chi connectivity index (χ1n) is 8.97. The number of hydrogen-bond donors (Lipinski definition) is 0. The number of carbonyl (C=O) groups is 1. The molecule has 5 nitrogen and oxygen atoms in total. The minimum Gasteiger partial charge on any atom is -0.370 e. The fourth-order valence-electron chi connectivity index (χ4n) is 3.27. The Morgan fingerprint density at radius 2 is 1.96 bits per heavy atom. The predicted molar refractivity (Wildman–Crippen MR) is 100 cm³/mol. The van der Waals surface area contributed by atoms with Crippen molar-refractivity contribution in [1.82, 2.24) is 14.8 Å². The van der Waals surface area contributed by atoms with E-state index in [0.29, 0.717) is 19.6 Å². The van der Waals surface area contributed by atoms with Gasteiger partial charge >= 0.3 is 0 Å². The Morgan fingerprint density at radius 1 is 1.15 bits per heavy atom. The molecule has 26 heavy (non-hydrogen) atoms. The van der Waals surface area contributed by atoms with Crippen LogP contribution in [0, 0.1) is 5.82 Å². The molecule has 138 valence electrons. The van der Waals surface area contributed by atoms with Gasteiger partial charge in [0.1, 0.15) is 5.82 Å². The average molecular weight is 356 g/mol. The number of amides is 1. The van der Waals surface area contributed by atoms with E-state index in [1.807, 2.05) is 35.2 Å². The number of nitrogens with zero attached hydrogens (tertiary/aromatic N) is 4. The van der Waals surface area contributed by atoms with Gasteiger partial charge in [0.2, 0.25) is 5.91 Å². The van der Waals surface area contributed by atoms with Crippen LogP contribution in [-0.2, 0) is 11.3 Å². The van der Waals surface area contributed by atoms with Gasteiger partial charge in [-0.3, -0.25) is 14.7 Å². The van der Waals surface area contributed by atoms with Crippen LogP contribution in [0.15, 0.2) is 48.8 Å². The van der Waals surface area contributed by atoms with Crippen LogP contribution < -0.4 is 4.90 Å². The lowest BCUT2D eigenvalue weighted by molar-refractivity contribution is -0.132. The SMILES string of the molecule is CN(CC(=O)N1CCCN(c2ccc(F)cc2)CC1)Cc1cccnc1. The third kappa shape index (κ3) is 5.02. The summed E-state index contributed by atoms with van der Waals surface area (Å²) in [5.41, 5.74) is 2.11. The summed E-state index contributed by atoms with van der Waals surface area (Å²) in [4.78, 5) is 22.9. The highest BCUT2D eigenvalue weighted by atomic mass is 19.1. The first-order valence-corrected chi connectivity index (χ1v) is 8.97. The van der Waals surface area contributed by atoms with E-state index in [9.17, 15) is 9.18 Å². The number of likely N-dealkylation sites (N-methyl/N-ethyl adjacent to an activating group) is 1. The van der Waals surface area contributed by atoms with Crippen molar-refractivity contribution in [3.05, 3.63) is 60.2 Å². The van der Waals surface area contributed by atoms with Gasteiger partial charge in [-0.05, 0) is 49.4 Å². The molecule has 0 spiro atoms. The maximum absolute atomic E-state index is 13.1. The molecule has 0 N–H and O–H groups in total. The van der Waals surface area contributed by atoms with Gasteiger partial charge in [0.25, 0.3) is 0 Å². The molecule has 1 aliphatic heterocycles. The van der Waals surface area contributed by atoms with Gasteiger partial charge in [-0.2, -0.15) is 0 Å². The van der Waals surface area contributed by atoms with Gasteiger partial charge in [-0.15, -0.1) is 0 Å². The van der Waals surface area contributed by atoms with Crippen LogP contribution in [0.1, 0.15) is 12.0 Å². The number of pyridine rings is 1. The van der Waals surface area contributed by atoms with Crippen molar-refractivity contribution in [3.8, 4) is 0 Å². The van der Waals surface area contributed by atoms with E-state index in [1.54, 1.807) is 18.3 Å². The third-order valence-corrected chi connectivity index (χ3v) is 4.62. The maximum Gasteiger partial charge on any atom is 0.236 e. The molecule has 0 radical (unpaired) electrons. The molecule has 0 saturated carbocycles. The van der Waals surface area contributed by atoms with Gasteiger partial charge in [0.05, 0.1) is 6.54 Å². The number of benzene rings is 1. The van der Waals surface area contributed by atoms with E-state index >= 15 is 0 Å². The molecule has 3 rings (SSSR count). The number of anilines is 1. The summed E-state index contributed by atoms with van der Waals surface area (Å²) in [6.07, 6.45) is 4.49. The molecule has 1 amide bonds. The number of halogens is 1. The molecule has 0 bridgehead atoms. The van der Waals surface area contributed by atoms with Crippen molar-refractivity contribution in [2.45, 2.75) is 13.0 Å². The molecule has 1 aromatic heterocycles. The number of hydrogen-bond acceptors (Lipinski definition) is 4. The fraction of sp³-hybridized carbons (Fsp3) is 0.400. The normalized spacial score (nSPS) is 15.2. The lowest BCUT2D eigenvalue weighted by Gasteiger charge is -2.25. The molecule has 0 unspecified atom stereocenters. The van der Waals surface area contributed by atoms with Gasteiger partial charge in [-0.1, -0.05) is 6.07 Å². The van der Waals surface area contributed by atoms with Crippen LogP contribution in [0.5, 0.6) is 0 Å². The predicted octanol–water partition coefficient (Wildman–Crippen LogP) is 2.39. The zero-order valence-corrected chi connectivity index (χ0v) is 15.1. The van der Waals surface area contributed by atoms with Gasteiger partial charge in [0.15, 0.2) is 0 Å². The van der Waals surface area contributed by atoms with Crippen LogP contribution in [-0.4, -0.2) is 60.5 Å². The van der Waals surface area contributed by atoms with Crippen molar-refractivity contribution in [2.24, 2.45) is 0 Å². The second-order valence-corrected chi connectivity index (χ2v) is 6.73. The van der Waals surface area contributed by atoms with Crippen LogP contribution in [0.25, 0.3) is 0 Å². The summed E-state index contributed by atoms with van der Waals surface area (Å²) in [6, 6.07) is 10.5. The summed E-state index contributed by atoms with van der Waals surface area (Å²) in [5.74, 6) is -0.0747. The molecule has 1 aliphatic rings. The number of aromatic nitrogens is 1. The van der Waals surface area contributed by atoms with Crippen molar-refractivity contribution in [2.75, 3.05) is 44.7 Å². The van der Waals surface area contributed by atoms with Gasteiger partial charge in [0, 0.05) is 50.8 Å². The number of rotatable bonds is 5. The minimum atomic E-state index is -0.225. The quantitative estimate of drug-likeness (QED) is 0.825. The number of carbonyl (C=O) groups excluding carboxylic acids is 1. The summed E-state index contributed by atoms with van der Waals surface area (Å²) in [7, 11) is 1.95. The Morgan fingerprint density at radius 3 is 2.69 bits per heavy atom. The molecule has 2 heterocycles. The highest BCUT2D eigenvalue weighted by Gasteiger charge is 2.20. The van der Waals surface area contributed by atoms with Crippen LogP contribution in [0.4, 0.5) is 10.1 Å². The summed E-state index contributed by atoms with van der Waals surface area (Å²) in [5, 5.41) is 0. The standard InChI is InChI=1S/C20H25FN4O/c1-23(15-17-4-2-9-22-14-17)16-20(26)25-11-3-10-24(12-13-25)19-7-5-18(21)6-8-19/h2,4-9,14H,3,10-13,15-16H2,1H3. The molecular formula is C20H25FN4O. The molecule has 0 atom stereocenters. The van der Waals surface area contributed by atoms with Crippen molar-refractivity contribution < 1.29 is 9.18 Å². The molecule has 6 heteroatoms. The smallest absolute Gasteiger partial charge is 0.236 e. The van der Waals surface area contributed by atoms with Gasteiger partial charge < -0.3 is 9.80 Å². The van der Waals surface area contributed by atoms with E-state index < -0.39 is 0 Å². The maximum atomic E-state index is 13.1. The summed E-state index contributed by atoms with van der Waals surface area (Å²) in [6.45, 7) is 4.19. The molecular weight excluding hydrogens is 331 g/mol. The van der Waals surface area contributed by atoms with E-state index in [0.717, 1.165) is 37.3 Å². The van der Waals surface area contributed by atoms with Crippen molar-refractivity contribution in [1.29, 1.82) is 0 Å².